The maximum Gasteiger partial charge on any atom is 0.410 e. The zero-order chi connectivity index (χ0) is 24.1. The molecule has 4 rings (SSSR count). The molecule has 34 heavy (non-hydrogen) atoms. The molecule has 9 heteroatoms. The largest absolute Gasteiger partial charge is 0.444 e. The molecular weight excluding hydrogens is 452 g/mol. The van der Waals surface area contributed by atoms with Gasteiger partial charge < -0.3 is 19.7 Å². The number of benzene rings is 1. The van der Waals surface area contributed by atoms with E-state index in [4.69, 9.17) is 9.47 Å². The fraction of sp³-hybridized carbons (Fsp3) is 0.480. The minimum atomic E-state index is -0.542. The van der Waals surface area contributed by atoms with Crippen LogP contribution in [-0.4, -0.2) is 60.0 Å². The summed E-state index contributed by atoms with van der Waals surface area (Å²) in [5, 5.41) is 8.45. The lowest BCUT2D eigenvalue weighted by molar-refractivity contribution is 0.0191. The van der Waals surface area contributed by atoms with E-state index in [0.29, 0.717) is 25.5 Å². The number of piperidine rings is 1. The molecule has 0 saturated carbocycles. The van der Waals surface area contributed by atoms with Gasteiger partial charge in [-0.3, -0.25) is 5.32 Å². The molecule has 3 amide bonds. The van der Waals surface area contributed by atoms with Crippen molar-refractivity contribution in [2.75, 3.05) is 31.6 Å². The average molecular weight is 485 g/mol. The summed E-state index contributed by atoms with van der Waals surface area (Å²) in [4.78, 5) is 31.1. The molecule has 2 aliphatic heterocycles. The molecule has 0 radical (unpaired) electrons. The smallest absolute Gasteiger partial charge is 0.410 e. The zero-order valence-electron chi connectivity index (χ0n) is 19.9. The van der Waals surface area contributed by atoms with E-state index in [1.165, 1.54) is 22.5 Å². The maximum atomic E-state index is 12.5. The highest BCUT2D eigenvalue weighted by Crippen LogP contribution is 2.28. The predicted molar refractivity (Wildman–Crippen MR) is 134 cm³/mol. The van der Waals surface area contributed by atoms with Crippen molar-refractivity contribution in [2.45, 2.75) is 51.7 Å². The van der Waals surface area contributed by atoms with Crippen LogP contribution in [0.1, 0.15) is 45.6 Å². The Bertz CT molecular complexity index is 1040. The van der Waals surface area contributed by atoms with Gasteiger partial charge in [0.15, 0.2) is 0 Å². The number of aromatic nitrogens is 1. The van der Waals surface area contributed by atoms with Crippen LogP contribution in [0.4, 0.5) is 15.4 Å². The Kier molecular flexibility index (Phi) is 7.53. The Labute approximate surface area is 204 Å². The summed E-state index contributed by atoms with van der Waals surface area (Å²) in [6.45, 7) is 8.03. The van der Waals surface area contributed by atoms with Crippen molar-refractivity contribution < 1.29 is 19.1 Å². The molecule has 0 aliphatic carbocycles. The van der Waals surface area contributed by atoms with Crippen LogP contribution in [0.15, 0.2) is 35.7 Å². The molecule has 2 aromatic rings. The van der Waals surface area contributed by atoms with Gasteiger partial charge in [0.25, 0.3) is 0 Å². The third-order valence-corrected chi connectivity index (χ3v) is 6.51. The molecule has 8 nitrogen and oxygen atoms in total. The van der Waals surface area contributed by atoms with Gasteiger partial charge in [0.1, 0.15) is 16.4 Å². The molecule has 1 atom stereocenters. The second kappa shape index (κ2) is 10.6. The molecule has 1 aromatic carbocycles. The van der Waals surface area contributed by atoms with E-state index in [9.17, 15) is 9.59 Å². The topological polar surface area (TPSA) is 92.8 Å². The monoisotopic (exact) mass is 484 g/mol. The standard InChI is InChI=1S/C25H32N4O4S/c1-25(2,3)33-24(31)29-12-4-5-20(15-29)26-23(30)28-21-16-34-22(27-21)19-8-6-17(7-9-19)18-10-13-32-14-11-18/h6-10,16,20H,4-5,11-15H2,1-3H3,(H2,26,28,30)/t20-/m0/s1. The van der Waals surface area contributed by atoms with Crippen LogP contribution in [0.3, 0.4) is 0 Å². The first kappa shape index (κ1) is 24.2. The molecule has 1 aromatic heterocycles. The van der Waals surface area contributed by atoms with Gasteiger partial charge in [-0.05, 0) is 51.2 Å². The van der Waals surface area contributed by atoms with Crippen LogP contribution in [0.25, 0.3) is 16.1 Å². The summed E-state index contributed by atoms with van der Waals surface area (Å²) < 4.78 is 10.8. The minimum Gasteiger partial charge on any atom is -0.444 e. The minimum absolute atomic E-state index is 0.133. The number of hydrogen-bond donors (Lipinski definition) is 2. The average Bonchev–Trinajstić information content (AvgIpc) is 3.27. The van der Waals surface area contributed by atoms with Crippen molar-refractivity contribution >= 4 is 34.9 Å². The van der Waals surface area contributed by atoms with E-state index in [0.717, 1.165) is 36.4 Å². The Morgan fingerprint density at radius 1 is 1.21 bits per heavy atom. The summed E-state index contributed by atoms with van der Waals surface area (Å²) in [7, 11) is 0. The molecule has 1 fully saturated rings. The summed E-state index contributed by atoms with van der Waals surface area (Å²) in [6, 6.07) is 7.87. The zero-order valence-corrected chi connectivity index (χ0v) is 20.7. The molecular formula is C25H32N4O4S. The molecule has 2 N–H and O–H groups in total. The quantitative estimate of drug-likeness (QED) is 0.627. The van der Waals surface area contributed by atoms with Crippen LogP contribution in [0, 0.1) is 0 Å². The van der Waals surface area contributed by atoms with Crippen LogP contribution in [0.2, 0.25) is 0 Å². The fourth-order valence-corrected chi connectivity index (χ4v) is 4.76. The van der Waals surface area contributed by atoms with Crippen LogP contribution >= 0.6 is 11.3 Å². The van der Waals surface area contributed by atoms with Crippen molar-refractivity contribution in [3.05, 3.63) is 41.3 Å². The van der Waals surface area contributed by atoms with E-state index in [2.05, 4.69) is 46.0 Å². The lowest BCUT2D eigenvalue weighted by atomic mass is 10.0. The van der Waals surface area contributed by atoms with Gasteiger partial charge in [0.05, 0.1) is 13.2 Å². The van der Waals surface area contributed by atoms with E-state index < -0.39 is 5.60 Å². The molecule has 0 bridgehead atoms. The normalized spacial score (nSPS) is 18.7. The van der Waals surface area contributed by atoms with Crippen molar-refractivity contribution in [3.8, 4) is 10.6 Å². The number of carbonyl (C=O) groups excluding carboxylic acids is 2. The SMILES string of the molecule is CC(C)(C)OC(=O)N1CCC[C@H](NC(=O)Nc2csc(-c3ccc(C4=CCOCC4)cc3)n2)C1. The highest BCUT2D eigenvalue weighted by Gasteiger charge is 2.28. The second-order valence-corrected chi connectivity index (χ2v) is 10.4. The Hall–Kier alpha value is -2.91. The van der Waals surface area contributed by atoms with Crippen LogP contribution in [-0.2, 0) is 9.47 Å². The number of hydrogen-bond acceptors (Lipinski definition) is 6. The van der Waals surface area contributed by atoms with Gasteiger partial charge >= 0.3 is 12.1 Å². The van der Waals surface area contributed by atoms with Crippen molar-refractivity contribution in [3.63, 3.8) is 0 Å². The van der Waals surface area contributed by atoms with E-state index >= 15 is 0 Å². The molecule has 1 saturated heterocycles. The van der Waals surface area contributed by atoms with Crippen molar-refractivity contribution in [2.24, 2.45) is 0 Å². The van der Waals surface area contributed by atoms with E-state index in [-0.39, 0.29) is 18.2 Å². The number of ether oxygens (including phenoxy) is 2. The van der Waals surface area contributed by atoms with Crippen LogP contribution in [0.5, 0.6) is 0 Å². The number of rotatable bonds is 4. The first-order chi connectivity index (χ1) is 16.3. The van der Waals surface area contributed by atoms with Gasteiger partial charge in [-0.1, -0.05) is 30.3 Å². The van der Waals surface area contributed by atoms with Gasteiger partial charge in [-0.25, -0.2) is 14.6 Å². The predicted octanol–water partition coefficient (Wildman–Crippen LogP) is 5.13. The molecule has 182 valence electrons. The van der Waals surface area contributed by atoms with E-state index in [1.54, 1.807) is 4.90 Å². The Balaban J connectivity index is 1.30. The summed E-state index contributed by atoms with van der Waals surface area (Å²) in [5.41, 5.74) is 2.98. The van der Waals surface area contributed by atoms with Crippen molar-refractivity contribution in [1.29, 1.82) is 0 Å². The van der Waals surface area contributed by atoms with Crippen molar-refractivity contribution in [1.82, 2.24) is 15.2 Å². The number of thiazole rings is 1. The maximum absolute atomic E-state index is 12.5. The lowest BCUT2D eigenvalue weighted by Crippen LogP contribution is -2.51. The highest BCUT2D eigenvalue weighted by atomic mass is 32.1. The molecule has 3 heterocycles. The van der Waals surface area contributed by atoms with Crippen LogP contribution < -0.4 is 10.6 Å². The lowest BCUT2D eigenvalue weighted by Gasteiger charge is -2.34. The second-order valence-electron chi connectivity index (χ2n) is 9.53. The first-order valence-electron chi connectivity index (χ1n) is 11.7. The summed E-state index contributed by atoms with van der Waals surface area (Å²) in [6.07, 6.45) is 4.33. The van der Waals surface area contributed by atoms with Gasteiger partial charge in [-0.15, -0.1) is 11.3 Å². The Morgan fingerprint density at radius 3 is 2.68 bits per heavy atom. The number of likely N-dealkylation sites (tertiary alicyclic amines) is 1. The first-order valence-corrected chi connectivity index (χ1v) is 12.5. The summed E-state index contributed by atoms with van der Waals surface area (Å²) in [5.74, 6) is 0.508. The summed E-state index contributed by atoms with van der Waals surface area (Å²) >= 11 is 1.48. The number of amides is 3. The number of urea groups is 1. The van der Waals surface area contributed by atoms with Gasteiger partial charge in [0.2, 0.25) is 0 Å². The third kappa shape index (κ3) is 6.57. The Morgan fingerprint density at radius 2 is 1.97 bits per heavy atom. The number of nitrogens with one attached hydrogen (secondary N) is 2. The number of nitrogens with zero attached hydrogens (tertiary/aromatic N) is 2. The molecule has 0 unspecified atom stereocenters. The number of anilines is 1. The molecule has 2 aliphatic rings. The third-order valence-electron chi connectivity index (χ3n) is 5.62. The fourth-order valence-electron chi connectivity index (χ4n) is 4.00. The molecule has 0 spiro atoms. The van der Waals surface area contributed by atoms with E-state index in [1.807, 2.05) is 26.2 Å². The van der Waals surface area contributed by atoms with Gasteiger partial charge in [0, 0.05) is 30.1 Å². The van der Waals surface area contributed by atoms with Gasteiger partial charge in [-0.2, -0.15) is 0 Å². The highest BCUT2D eigenvalue weighted by molar-refractivity contribution is 7.13. The number of carbonyl (C=O) groups is 2.